The third kappa shape index (κ3) is 2.74. The van der Waals surface area contributed by atoms with Crippen molar-refractivity contribution in [2.75, 3.05) is 7.05 Å². The number of hydrogen-bond donors (Lipinski definition) is 1. The molecule has 0 unspecified atom stereocenters. The van der Waals surface area contributed by atoms with E-state index in [0.29, 0.717) is 16.5 Å². The fourth-order valence-electron chi connectivity index (χ4n) is 1.57. The normalized spacial score (nSPS) is 15.1. The van der Waals surface area contributed by atoms with Gasteiger partial charge in [0.2, 0.25) is 0 Å². The van der Waals surface area contributed by atoms with Crippen molar-refractivity contribution in [3.8, 4) is 0 Å². The zero-order valence-electron chi connectivity index (χ0n) is 9.42. The predicted molar refractivity (Wildman–Crippen MR) is 66.1 cm³/mol. The predicted octanol–water partition coefficient (Wildman–Crippen LogP) is 2.08. The lowest BCUT2D eigenvalue weighted by Crippen LogP contribution is -2.28. The summed E-state index contributed by atoms with van der Waals surface area (Å²) in [5, 5.41) is 10.4. The second kappa shape index (κ2) is 4.71. The lowest BCUT2D eigenvalue weighted by atomic mass is 10.2. The van der Waals surface area contributed by atoms with Crippen LogP contribution in [0.15, 0.2) is 17.5 Å². The third-order valence-electron chi connectivity index (χ3n) is 2.71. The van der Waals surface area contributed by atoms with Gasteiger partial charge in [0.05, 0.1) is 4.88 Å². The van der Waals surface area contributed by atoms with Crippen molar-refractivity contribution < 1.29 is 14.7 Å². The van der Waals surface area contributed by atoms with Crippen molar-refractivity contribution in [3.63, 3.8) is 0 Å². The lowest BCUT2D eigenvalue weighted by Gasteiger charge is -2.15. The van der Waals surface area contributed by atoms with Crippen LogP contribution in [0.2, 0.25) is 0 Å². The van der Waals surface area contributed by atoms with Gasteiger partial charge in [-0.15, -0.1) is 11.3 Å². The molecule has 0 atom stereocenters. The molecule has 90 valence electrons. The molecule has 17 heavy (non-hydrogen) atoms. The van der Waals surface area contributed by atoms with E-state index in [-0.39, 0.29) is 5.91 Å². The van der Waals surface area contributed by atoms with Crippen molar-refractivity contribution in [3.05, 3.63) is 28.0 Å². The summed E-state index contributed by atoms with van der Waals surface area (Å²) >= 11 is 1.35. The first kappa shape index (κ1) is 11.9. The van der Waals surface area contributed by atoms with Gasteiger partial charge in [0, 0.05) is 19.2 Å². The second-order valence-electron chi connectivity index (χ2n) is 4.02. The minimum atomic E-state index is -1.01. The number of carbonyl (C=O) groups is 2. The molecule has 1 fully saturated rings. The minimum Gasteiger partial charge on any atom is -0.478 e. The Kier molecular flexibility index (Phi) is 3.28. The highest BCUT2D eigenvalue weighted by Crippen LogP contribution is 2.29. The van der Waals surface area contributed by atoms with Crippen molar-refractivity contribution in [1.82, 2.24) is 4.90 Å². The average Bonchev–Trinajstić information content (AvgIpc) is 3.03. The molecule has 1 saturated carbocycles. The Hall–Kier alpha value is -1.62. The van der Waals surface area contributed by atoms with Crippen LogP contribution in [0.4, 0.5) is 0 Å². The van der Waals surface area contributed by atoms with Crippen LogP contribution in [0.3, 0.4) is 0 Å². The Balaban J connectivity index is 2.17. The maximum atomic E-state index is 12.1. The van der Waals surface area contributed by atoms with Crippen LogP contribution in [0.25, 0.3) is 6.08 Å². The maximum absolute atomic E-state index is 12.1. The van der Waals surface area contributed by atoms with Crippen molar-refractivity contribution in [1.29, 1.82) is 0 Å². The van der Waals surface area contributed by atoms with Crippen LogP contribution in [-0.4, -0.2) is 35.0 Å². The lowest BCUT2D eigenvalue weighted by molar-refractivity contribution is -0.131. The van der Waals surface area contributed by atoms with Crippen LogP contribution in [0, 0.1) is 0 Å². The number of carboxylic acids is 1. The number of rotatable bonds is 4. The number of amides is 1. The van der Waals surface area contributed by atoms with Gasteiger partial charge in [-0.3, -0.25) is 4.79 Å². The molecule has 4 nitrogen and oxygen atoms in total. The molecular formula is C12H13NO3S. The van der Waals surface area contributed by atoms with E-state index in [1.54, 1.807) is 23.4 Å². The molecule has 0 aliphatic heterocycles. The summed E-state index contributed by atoms with van der Waals surface area (Å²) in [4.78, 5) is 24.9. The Morgan fingerprint density at radius 3 is 2.82 bits per heavy atom. The number of carboxylic acid groups (broad SMARTS) is 1. The van der Waals surface area contributed by atoms with Gasteiger partial charge in [-0.1, -0.05) is 0 Å². The molecule has 1 aromatic heterocycles. The molecule has 0 saturated heterocycles. The second-order valence-corrected chi connectivity index (χ2v) is 4.94. The fourth-order valence-corrected chi connectivity index (χ4v) is 2.44. The van der Waals surface area contributed by atoms with E-state index in [4.69, 9.17) is 5.11 Å². The van der Waals surface area contributed by atoms with Crippen LogP contribution >= 0.6 is 11.3 Å². The first-order valence-electron chi connectivity index (χ1n) is 5.35. The summed E-state index contributed by atoms with van der Waals surface area (Å²) in [7, 11) is 1.80. The standard InChI is InChI=1S/C12H13NO3S/c1-13(9-3-4-9)12(16)11-8(6-7-17-11)2-5-10(14)15/h2,5-7,9H,3-4H2,1H3,(H,14,15). The topological polar surface area (TPSA) is 57.6 Å². The number of carbonyl (C=O) groups excluding carboxylic acids is 1. The van der Waals surface area contributed by atoms with E-state index in [0.717, 1.165) is 18.9 Å². The number of nitrogens with zero attached hydrogens (tertiary/aromatic N) is 1. The summed E-state index contributed by atoms with van der Waals surface area (Å²) < 4.78 is 0. The molecule has 1 N–H and O–H groups in total. The largest absolute Gasteiger partial charge is 0.478 e. The van der Waals surface area contributed by atoms with Gasteiger partial charge in [0.25, 0.3) is 5.91 Å². The molecule has 5 heteroatoms. The molecule has 1 heterocycles. The van der Waals surface area contributed by atoms with Crippen LogP contribution in [0.5, 0.6) is 0 Å². The summed E-state index contributed by atoms with van der Waals surface area (Å²) in [5.41, 5.74) is 0.676. The van der Waals surface area contributed by atoms with Gasteiger partial charge < -0.3 is 10.0 Å². The Bertz CT molecular complexity index is 474. The first-order valence-corrected chi connectivity index (χ1v) is 6.23. The van der Waals surface area contributed by atoms with Crippen molar-refractivity contribution in [2.45, 2.75) is 18.9 Å². The van der Waals surface area contributed by atoms with Gasteiger partial charge in [-0.05, 0) is 35.9 Å². The molecule has 1 aromatic rings. The molecule has 0 bridgehead atoms. The summed E-state index contributed by atoms with van der Waals surface area (Å²) in [6, 6.07) is 2.12. The molecule has 0 aromatic carbocycles. The van der Waals surface area contributed by atoms with Gasteiger partial charge in [-0.25, -0.2) is 4.79 Å². The van der Waals surface area contributed by atoms with Gasteiger partial charge in [0.1, 0.15) is 0 Å². The van der Waals surface area contributed by atoms with E-state index in [2.05, 4.69) is 0 Å². The molecule has 1 aliphatic rings. The molecule has 0 radical (unpaired) electrons. The van der Waals surface area contributed by atoms with Crippen LogP contribution in [0.1, 0.15) is 28.1 Å². The summed E-state index contributed by atoms with van der Waals surface area (Å²) in [6.07, 6.45) is 4.64. The number of thiophene rings is 1. The zero-order valence-corrected chi connectivity index (χ0v) is 10.2. The average molecular weight is 251 g/mol. The Morgan fingerprint density at radius 1 is 1.53 bits per heavy atom. The van der Waals surface area contributed by atoms with Gasteiger partial charge in [0.15, 0.2) is 0 Å². The van der Waals surface area contributed by atoms with E-state index >= 15 is 0 Å². The first-order chi connectivity index (χ1) is 8.09. The highest BCUT2D eigenvalue weighted by atomic mass is 32.1. The molecule has 1 aliphatic carbocycles. The van der Waals surface area contributed by atoms with E-state index in [1.165, 1.54) is 17.4 Å². The number of hydrogen-bond acceptors (Lipinski definition) is 3. The van der Waals surface area contributed by atoms with Crippen LogP contribution < -0.4 is 0 Å². The number of aliphatic carboxylic acids is 1. The van der Waals surface area contributed by atoms with Crippen molar-refractivity contribution in [2.24, 2.45) is 0 Å². The Labute approximate surface area is 103 Å². The highest BCUT2D eigenvalue weighted by molar-refractivity contribution is 7.12. The quantitative estimate of drug-likeness (QED) is 0.833. The van der Waals surface area contributed by atoms with Gasteiger partial charge >= 0.3 is 5.97 Å². The highest BCUT2D eigenvalue weighted by Gasteiger charge is 2.31. The molecule has 0 spiro atoms. The monoisotopic (exact) mass is 251 g/mol. The van der Waals surface area contributed by atoms with Crippen LogP contribution in [-0.2, 0) is 4.79 Å². The molecular weight excluding hydrogens is 238 g/mol. The maximum Gasteiger partial charge on any atom is 0.328 e. The van der Waals surface area contributed by atoms with E-state index in [1.807, 2.05) is 0 Å². The fraction of sp³-hybridized carbons (Fsp3) is 0.333. The smallest absolute Gasteiger partial charge is 0.328 e. The van der Waals surface area contributed by atoms with Gasteiger partial charge in [-0.2, -0.15) is 0 Å². The molecule has 1 amide bonds. The van der Waals surface area contributed by atoms with E-state index < -0.39 is 5.97 Å². The zero-order chi connectivity index (χ0) is 12.4. The Morgan fingerprint density at radius 2 is 2.24 bits per heavy atom. The van der Waals surface area contributed by atoms with E-state index in [9.17, 15) is 9.59 Å². The summed E-state index contributed by atoms with van der Waals surface area (Å²) in [6.45, 7) is 0. The van der Waals surface area contributed by atoms with Crippen molar-refractivity contribution >= 4 is 29.3 Å². The SMILES string of the molecule is CN(C(=O)c1sccc1C=CC(=O)O)C1CC1. The molecule has 2 rings (SSSR count). The minimum absolute atomic E-state index is 0.0208. The summed E-state index contributed by atoms with van der Waals surface area (Å²) in [5.74, 6) is -1.03. The third-order valence-corrected chi connectivity index (χ3v) is 3.63.